The van der Waals surface area contributed by atoms with Crippen molar-refractivity contribution in [3.8, 4) is 11.3 Å². The van der Waals surface area contributed by atoms with Gasteiger partial charge in [-0.3, -0.25) is 0 Å². The number of hydrogen-bond donors (Lipinski definition) is 1. The van der Waals surface area contributed by atoms with E-state index < -0.39 is 5.97 Å². The number of thioether (sulfide) groups is 1. The van der Waals surface area contributed by atoms with Crippen LogP contribution < -0.4 is 0 Å². The summed E-state index contributed by atoms with van der Waals surface area (Å²) in [6.45, 7) is 0. The summed E-state index contributed by atoms with van der Waals surface area (Å²) in [5.74, 6) is -0.0186. The van der Waals surface area contributed by atoms with E-state index in [1.54, 1.807) is 41.3 Å². The zero-order valence-electron chi connectivity index (χ0n) is 9.21. The molecule has 0 bridgehead atoms. The van der Waals surface area contributed by atoms with E-state index in [4.69, 9.17) is 5.11 Å². The number of nitrogens with zero attached hydrogens (tertiary/aromatic N) is 1. The maximum atomic E-state index is 10.9. The monoisotopic (exact) mass is 265 g/mol. The van der Waals surface area contributed by atoms with Crippen molar-refractivity contribution in [3.05, 3.63) is 40.2 Å². The van der Waals surface area contributed by atoms with Crippen molar-refractivity contribution < 1.29 is 9.90 Å². The van der Waals surface area contributed by atoms with Crippen LogP contribution in [0.5, 0.6) is 0 Å². The van der Waals surface area contributed by atoms with Gasteiger partial charge in [-0.05, 0) is 18.4 Å². The van der Waals surface area contributed by atoms with Crippen LogP contribution in [0.3, 0.4) is 0 Å². The van der Waals surface area contributed by atoms with Crippen LogP contribution in [0, 0.1) is 0 Å². The summed E-state index contributed by atoms with van der Waals surface area (Å²) in [6, 6.07) is 6.86. The number of aromatic carboxylic acids is 1. The van der Waals surface area contributed by atoms with Gasteiger partial charge in [-0.25, -0.2) is 9.78 Å². The molecule has 0 spiro atoms. The molecule has 0 aliphatic carbocycles. The highest BCUT2D eigenvalue weighted by Crippen LogP contribution is 2.24. The Morgan fingerprint density at radius 1 is 1.53 bits per heavy atom. The molecule has 0 aliphatic heterocycles. The second kappa shape index (κ2) is 5.33. The summed E-state index contributed by atoms with van der Waals surface area (Å²) < 4.78 is 0. The first-order chi connectivity index (χ1) is 8.20. The Hall–Kier alpha value is -1.33. The molecule has 0 radical (unpaired) electrons. The van der Waals surface area contributed by atoms with Crippen LogP contribution in [-0.4, -0.2) is 22.3 Å². The lowest BCUT2D eigenvalue weighted by Gasteiger charge is -1.98. The van der Waals surface area contributed by atoms with Gasteiger partial charge >= 0.3 is 5.97 Å². The maximum Gasteiger partial charge on any atom is 0.335 e. The standard InChI is InChI=1S/C12H11NO2S2/c1-16-7-11-13-10(6-17-11)8-3-2-4-9(5-8)12(14)15/h2-6H,7H2,1H3,(H,14,15). The number of carbonyl (C=O) groups is 1. The van der Waals surface area contributed by atoms with Crippen LogP contribution in [0.25, 0.3) is 11.3 Å². The Balaban J connectivity index is 2.32. The van der Waals surface area contributed by atoms with E-state index >= 15 is 0 Å². The fourth-order valence-electron chi connectivity index (χ4n) is 1.44. The zero-order valence-corrected chi connectivity index (χ0v) is 10.8. The van der Waals surface area contributed by atoms with E-state index in [0.717, 1.165) is 22.0 Å². The first kappa shape index (κ1) is 12.1. The van der Waals surface area contributed by atoms with Crippen LogP contribution in [0.1, 0.15) is 15.4 Å². The molecule has 1 aromatic carbocycles. The van der Waals surface area contributed by atoms with Gasteiger partial charge in [-0.15, -0.1) is 11.3 Å². The lowest BCUT2D eigenvalue weighted by Crippen LogP contribution is -1.95. The van der Waals surface area contributed by atoms with Crippen molar-refractivity contribution in [2.75, 3.05) is 6.26 Å². The number of hydrogen-bond acceptors (Lipinski definition) is 4. The van der Waals surface area contributed by atoms with Crippen molar-refractivity contribution in [3.63, 3.8) is 0 Å². The van der Waals surface area contributed by atoms with Crippen LogP contribution in [0.2, 0.25) is 0 Å². The summed E-state index contributed by atoms with van der Waals surface area (Å²) in [6.07, 6.45) is 2.03. The van der Waals surface area contributed by atoms with Gasteiger partial charge in [-0.2, -0.15) is 11.8 Å². The van der Waals surface area contributed by atoms with E-state index in [2.05, 4.69) is 4.98 Å². The maximum absolute atomic E-state index is 10.9. The minimum atomic E-state index is -0.911. The summed E-state index contributed by atoms with van der Waals surface area (Å²) in [4.78, 5) is 15.3. The lowest BCUT2D eigenvalue weighted by molar-refractivity contribution is 0.0697. The van der Waals surface area contributed by atoms with E-state index in [0.29, 0.717) is 5.56 Å². The molecule has 1 N–H and O–H groups in total. The van der Waals surface area contributed by atoms with Gasteiger partial charge in [0, 0.05) is 16.7 Å². The van der Waals surface area contributed by atoms with Gasteiger partial charge in [0.1, 0.15) is 5.01 Å². The second-order valence-corrected chi connectivity index (χ2v) is 5.25. The molecule has 0 saturated carbocycles. The lowest BCUT2D eigenvalue weighted by atomic mass is 10.1. The highest BCUT2D eigenvalue weighted by Gasteiger charge is 2.07. The van der Waals surface area contributed by atoms with Crippen LogP contribution in [-0.2, 0) is 5.75 Å². The molecule has 2 aromatic rings. The van der Waals surface area contributed by atoms with Crippen LogP contribution >= 0.6 is 23.1 Å². The third kappa shape index (κ3) is 2.87. The zero-order chi connectivity index (χ0) is 12.3. The van der Waals surface area contributed by atoms with Crippen molar-refractivity contribution >= 4 is 29.1 Å². The largest absolute Gasteiger partial charge is 0.478 e. The van der Waals surface area contributed by atoms with Gasteiger partial charge in [0.15, 0.2) is 0 Å². The molecule has 0 amide bonds. The van der Waals surface area contributed by atoms with E-state index in [9.17, 15) is 4.79 Å². The minimum absolute atomic E-state index is 0.293. The molecule has 0 saturated heterocycles. The fraction of sp³-hybridized carbons (Fsp3) is 0.167. The molecule has 0 unspecified atom stereocenters. The Bertz CT molecular complexity index is 537. The van der Waals surface area contributed by atoms with Gasteiger partial charge in [0.25, 0.3) is 0 Å². The van der Waals surface area contributed by atoms with Gasteiger partial charge < -0.3 is 5.11 Å². The number of thiazole rings is 1. The van der Waals surface area contributed by atoms with Crippen molar-refractivity contribution in [2.45, 2.75) is 5.75 Å². The van der Waals surface area contributed by atoms with Gasteiger partial charge in [-0.1, -0.05) is 12.1 Å². The summed E-state index contributed by atoms with van der Waals surface area (Å²) in [5, 5.41) is 12.0. The molecule has 0 atom stereocenters. The highest BCUT2D eigenvalue weighted by molar-refractivity contribution is 7.97. The van der Waals surface area contributed by atoms with Crippen molar-refractivity contribution in [1.82, 2.24) is 4.98 Å². The number of aromatic nitrogens is 1. The molecule has 3 nitrogen and oxygen atoms in total. The SMILES string of the molecule is CSCc1nc(-c2cccc(C(=O)O)c2)cs1. The average molecular weight is 265 g/mol. The molecule has 17 heavy (non-hydrogen) atoms. The van der Waals surface area contributed by atoms with Crippen molar-refractivity contribution in [1.29, 1.82) is 0 Å². The quantitative estimate of drug-likeness (QED) is 0.920. The Kier molecular flexibility index (Phi) is 3.81. The molecule has 1 aromatic heterocycles. The third-order valence-corrected chi connectivity index (χ3v) is 3.82. The first-order valence-electron chi connectivity index (χ1n) is 4.98. The molecule has 5 heteroatoms. The molecular weight excluding hydrogens is 254 g/mol. The Morgan fingerprint density at radius 3 is 3.06 bits per heavy atom. The predicted octanol–water partition coefficient (Wildman–Crippen LogP) is 3.37. The minimum Gasteiger partial charge on any atom is -0.478 e. The van der Waals surface area contributed by atoms with Crippen molar-refractivity contribution in [2.24, 2.45) is 0 Å². The third-order valence-electron chi connectivity index (χ3n) is 2.22. The van der Waals surface area contributed by atoms with E-state index in [1.807, 2.05) is 17.7 Å². The highest BCUT2D eigenvalue weighted by atomic mass is 32.2. The summed E-state index contributed by atoms with van der Waals surface area (Å²) in [7, 11) is 0. The number of carboxylic acids is 1. The topological polar surface area (TPSA) is 50.2 Å². The van der Waals surface area contributed by atoms with Crippen LogP contribution in [0.4, 0.5) is 0 Å². The average Bonchev–Trinajstić information content (AvgIpc) is 2.78. The summed E-state index contributed by atoms with van der Waals surface area (Å²) >= 11 is 3.33. The fourth-order valence-corrected chi connectivity index (χ4v) is 2.97. The molecule has 0 aliphatic rings. The molecule has 2 rings (SSSR count). The molecule has 88 valence electrons. The van der Waals surface area contributed by atoms with E-state index in [-0.39, 0.29) is 0 Å². The van der Waals surface area contributed by atoms with Crippen LogP contribution in [0.15, 0.2) is 29.6 Å². The molecule has 0 fully saturated rings. The predicted molar refractivity (Wildman–Crippen MR) is 71.7 cm³/mol. The number of carboxylic acid groups (broad SMARTS) is 1. The normalized spacial score (nSPS) is 10.4. The number of rotatable bonds is 4. The van der Waals surface area contributed by atoms with Gasteiger partial charge in [0.05, 0.1) is 11.3 Å². The van der Waals surface area contributed by atoms with E-state index in [1.165, 1.54) is 0 Å². The second-order valence-electron chi connectivity index (χ2n) is 3.45. The summed E-state index contributed by atoms with van der Waals surface area (Å²) in [5.41, 5.74) is 2.00. The molecular formula is C12H11NO2S2. The Labute approximate surface area is 108 Å². The van der Waals surface area contributed by atoms with Gasteiger partial charge in [0.2, 0.25) is 0 Å². The number of benzene rings is 1. The Morgan fingerprint density at radius 2 is 2.35 bits per heavy atom. The smallest absolute Gasteiger partial charge is 0.335 e. The molecule has 1 heterocycles. The first-order valence-corrected chi connectivity index (χ1v) is 7.25.